The molecule has 0 aromatic rings. The molecule has 0 aromatic heterocycles. The van der Waals surface area contributed by atoms with Crippen molar-refractivity contribution >= 4 is 0 Å². The van der Waals surface area contributed by atoms with E-state index in [1.54, 1.807) is 7.11 Å². The molecule has 1 saturated heterocycles. The highest BCUT2D eigenvalue weighted by atomic mass is 16.5. The summed E-state index contributed by atoms with van der Waals surface area (Å²) in [6.45, 7) is 1.68. The van der Waals surface area contributed by atoms with Gasteiger partial charge in [0.25, 0.3) is 0 Å². The number of methoxy groups -OCH3 is 1. The molecule has 1 aliphatic heterocycles. The highest BCUT2D eigenvalue weighted by molar-refractivity contribution is 4.95. The maximum Gasteiger partial charge on any atom is 0.109 e. The normalized spacial score (nSPS) is 42.1. The lowest BCUT2D eigenvalue weighted by Gasteiger charge is -2.45. The molecule has 0 radical (unpaired) electrons. The molecule has 2 fully saturated rings. The Balaban J connectivity index is 1.86. The largest absolute Gasteiger partial charge is 0.395 e. The predicted molar refractivity (Wildman–Crippen MR) is 77.8 cm³/mol. The molecule has 0 spiro atoms. The summed E-state index contributed by atoms with van der Waals surface area (Å²) in [5, 5.41) is 39.0. The van der Waals surface area contributed by atoms with Gasteiger partial charge in [0.05, 0.1) is 18.8 Å². The molecule has 0 bridgehead atoms. The molecule has 0 aromatic carbocycles. The Hall–Kier alpha value is -0.240. The van der Waals surface area contributed by atoms with Crippen LogP contribution < -0.4 is 0 Å². The van der Waals surface area contributed by atoms with Crippen molar-refractivity contribution in [3.8, 4) is 0 Å². The number of aliphatic hydroxyl groups excluding tert-OH is 4. The molecule has 0 unspecified atom stereocenters. The lowest BCUT2D eigenvalue weighted by atomic mass is 9.81. The molecule has 6 heteroatoms. The van der Waals surface area contributed by atoms with E-state index >= 15 is 0 Å². The van der Waals surface area contributed by atoms with Gasteiger partial charge in [-0.25, -0.2) is 0 Å². The zero-order valence-corrected chi connectivity index (χ0v) is 12.8. The molecule has 1 aliphatic carbocycles. The third-order valence-corrected chi connectivity index (χ3v) is 5.08. The van der Waals surface area contributed by atoms with E-state index in [4.69, 9.17) is 4.74 Å². The highest BCUT2D eigenvalue weighted by Gasteiger charge is 2.41. The summed E-state index contributed by atoms with van der Waals surface area (Å²) < 4.78 is 5.20. The fraction of sp³-hybridized carbons (Fsp3) is 1.00. The Morgan fingerprint density at radius 2 is 1.62 bits per heavy atom. The van der Waals surface area contributed by atoms with E-state index in [1.165, 1.54) is 0 Å². The fourth-order valence-corrected chi connectivity index (χ4v) is 3.74. The van der Waals surface area contributed by atoms with Gasteiger partial charge in [-0.05, 0) is 37.5 Å². The van der Waals surface area contributed by atoms with Crippen molar-refractivity contribution in [2.24, 2.45) is 11.8 Å². The number of rotatable bonds is 5. The van der Waals surface area contributed by atoms with E-state index in [1.807, 2.05) is 4.90 Å². The monoisotopic (exact) mass is 303 g/mol. The zero-order valence-electron chi connectivity index (χ0n) is 12.8. The van der Waals surface area contributed by atoms with Crippen LogP contribution >= 0.6 is 0 Å². The number of aliphatic hydroxyl groups is 4. The average molecular weight is 303 g/mol. The van der Waals surface area contributed by atoms with Crippen LogP contribution in [0.15, 0.2) is 0 Å². The van der Waals surface area contributed by atoms with Crippen LogP contribution in [0.3, 0.4) is 0 Å². The van der Waals surface area contributed by atoms with E-state index in [9.17, 15) is 20.4 Å². The van der Waals surface area contributed by atoms with Gasteiger partial charge in [0.2, 0.25) is 0 Å². The molecule has 0 amide bonds. The highest BCUT2D eigenvalue weighted by Crippen LogP contribution is 2.31. The first-order valence-corrected chi connectivity index (χ1v) is 7.94. The van der Waals surface area contributed by atoms with Gasteiger partial charge in [-0.3, -0.25) is 4.90 Å². The van der Waals surface area contributed by atoms with Crippen LogP contribution in [0.25, 0.3) is 0 Å². The van der Waals surface area contributed by atoms with Crippen molar-refractivity contribution in [2.75, 3.05) is 33.4 Å². The summed E-state index contributed by atoms with van der Waals surface area (Å²) in [5.74, 6) is 1.15. The summed E-state index contributed by atoms with van der Waals surface area (Å²) in [5.41, 5.74) is 0. The number of nitrogens with zero attached hydrogens (tertiary/aromatic N) is 1. The molecule has 2 rings (SSSR count). The number of hydrogen-bond acceptors (Lipinski definition) is 6. The minimum absolute atomic E-state index is 0.204. The van der Waals surface area contributed by atoms with Crippen LogP contribution in [0, 0.1) is 11.8 Å². The SMILES string of the molecule is COCC1CCC(CN2C[C@H](O)[C@@H](O)[C@H](O)[C@@H]2CO)CC1. The van der Waals surface area contributed by atoms with E-state index in [-0.39, 0.29) is 6.61 Å². The summed E-state index contributed by atoms with van der Waals surface area (Å²) in [4.78, 5) is 1.93. The lowest BCUT2D eigenvalue weighted by molar-refractivity contribution is -0.148. The van der Waals surface area contributed by atoms with E-state index in [0.717, 1.165) is 38.8 Å². The van der Waals surface area contributed by atoms with Gasteiger partial charge < -0.3 is 25.2 Å². The van der Waals surface area contributed by atoms with Crippen LogP contribution in [0.2, 0.25) is 0 Å². The Labute approximate surface area is 126 Å². The summed E-state index contributed by atoms with van der Waals surface area (Å²) >= 11 is 0. The van der Waals surface area contributed by atoms with Gasteiger partial charge >= 0.3 is 0 Å². The summed E-state index contributed by atoms with van der Waals surface area (Å²) in [6.07, 6.45) is 1.29. The molecule has 21 heavy (non-hydrogen) atoms. The molecule has 4 atom stereocenters. The lowest BCUT2D eigenvalue weighted by Crippen LogP contribution is -2.63. The Morgan fingerprint density at radius 1 is 1.00 bits per heavy atom. The van der Waals surface area contributed by atoms with Crippen molar-refractivity contribution in [3.05, 3.63) is 0 Å². The van der Waals surface area contributed by atoms with Gasteiger partial charge in [-0.2, -0.15) is 0 Å². The van der Waals surface area contributed by atoms with E-state index in [0.29, 0.717) is 18.4 Å². The first kappa shape index (κ1) is 17.1. The van der Waals surface area contributed by atoms with E-state index in [2.05, 4.69) is 0 Å². The molecule has 6 nitrogen and oxygen atoms in total. The second-order valence-corrected chi connectivity index (χ2v) is 6.59. The topological polar surface area (TPSA) is 93.4 Å². The Bertz CT molecular complexity index is 308. The van der Waals surface area contributed by atoms with Crippen molar-refractivity contribution in [1.29, 1.82) is 0 Å². The third kappa shape index (κ3) is 4.15. The second kappa shape index (κ2) is 7.85. The van der Waals surface area contributed by atoms with Crippen LogP contribution in [-0.2, 0) is 4.74 Å². The number of β-amino-alcohol motifs (C(OH)–C–C–N with tert-alkyl or cyclic N) is 1. The van der Waals surface area contributed by atoms with Crippen molar-refractivity contribution in [3.63, 3.8) is 0 Å². The van der Waals surface area contributed by atoms with Crippen molar-refractivity contribution < 1.29 is 25.2 Å². The molecule has 2 aliphatic rings. The first-order chi connectivity index (χ1) is 10.1. The zero-order chi connectivity index (χ0) is 15.4. The number of piperidine rings is 1. The quantitative estimate of drug-likeness (QED) is 0.531. The Morgan fingerprint density at radius 3 is 2.19 bits per heavy atom. The van der Waals surface area contributed by atoms with Crippen LogP contribution in [0.5, 0.6) is 0 Å². The van der Waals surface area contributed by atoms with Crippen LogP contribution in [0.4, 0.5) is 0 Å². The van der Waals surface area contributed by atoms with Crippen LogP contribution in [-0.4, -0.2) is 83.1 Å². The Kier molecular flexibility index (Phi) is 6.40. The molecule has 4 N–H and O–H groups in total. The van der Waals surface area contributed by atoms with Gasteiger partial charge in [0, 0.05) is 26.8 Å². The smallest absolute Gasteiger partial charge is 0.109 e. The first-order valence-electron chi connectivity index (χ1n) is 7.94. The molecule has 1 heterocycles. The predicted octanol–water partition coefficient (Wildman–Crippen LogP) is -0.802. The maximum atomic E-state index is 9.99. The molecule has 1 saturated carbocycles. The molecular weight excluding hydrogens is 274 g/mol. The molecule has 124 valence electrons. The van der Waals surface area contributed by atoms with Crippen molar-refractivity contribution in [2.45, 2.75) is 50.0 Å². The van der Waals surface area contributed by atoms with Gasteiger partial charge in [0.15, 0.2) is 0 Å². The minimum atomic E-state index is -1.17. The average Bonchev–Trinajstić information content (AvgIpc) is 2.48. The summed E-state index contributed by atoms with van der Waals surface area (Å²) in [6, 6.07) is -0.486. The molecular formula is C15H29NO5. The maximum absolute atomic E-state index is 9.99. The fourth-order valence-electron chi connectivity index (χ4n) is 3.74. The van der Waals surface area contributed by atoms with Gasteiger partial charge in [0.1, 0.15) is 12.2 Å². The number of ether oxygens (including phenoxy) is 1. The van der Waals surface area contributed by atoms with Crippen molar-refractivity contribution in [1.82, 2.24) is 4.90 Å². The number of likely N-dealkylation sites (tertiary alicyclic amines) is 1. The summed E-state index contributed by atoms with van der Waals surface area (Å²) in [7, 11) is 1.74. The van der Waals surface area contributed by atoms with E-state index < -0.39 is 24.4 Å². The number of hydrogen-bond donors (Lipinski definition) is 4. The third-order valence-electron chi connectivity index (χ3n) is 5.08. The minimum Gasteiger partial charge on any atom is -0.395 e. The standard InChI is InChI=1S/C15H29NO5/c1-21-9-11-4-2-10(3-5-11)6-16-7-13(18)15(20)14(19)12(16)8-17/h10-15,17-20H,2-9H2,1H3/t10?,11?,12-,13-,14+,15+/m0/s1. The van der Waals surface area contributed by atoms with Gasteiger partial charge in [-0.1, -0.05) is 0 Å². The van der Waals surface area contributed by atoms with Gasteiger partial charge in [-0.15, -0.1) is 0 Å². The second-order valence-electron chi connectivity index (χ2n) is 6.59. The van der Waals surface area contributed by atoms with Crippen LogP contribution in [0.1, 0.15) is 25.7 Å².